The third kappa shape index (κ3) is 2.64. The third-order valence-corrected chi connectivity index (χ3v) is 2.57. The van der Waals surface area contributed by atoms with Crippen LogP contribution in [0.3, 0.4) is 0 Å². The predicted molar refractivity (Wildman–Crippen MR) is 69.6 cm³/mol. The Labute approximate surface area is 102 Å². The molecule has 0 fully saturated rings. The minimum atomic E-state index is 0.446. The van der Waals surface area contributed by atoms with Gasteiger partial charge in [-0.05, 0) is 25.0 Å². The van der Waals surface area contributed by atoms with Crippen molar-refractivity contribution in [3.05, 3.63) is 36.4 Å². The summed E-state index contributed by atoms with van der Waals surface area (Å²) >= 11 is 0. The number of nitrogens with zero attached hydrogens (tertiary/aromatic N) is 3. The minimum Gasteiger partial charge on any atom is -0.384 e. The Hall–Kier alpha value is -1.84. The molecular weight excluding hydrogens is 212 g/mol. The molecule has 17 heavy (non-hydrogen) atoms. The van der Waals surface area contributed by atoms with Gasteiger partial charge >= 0.3 is 0 Å². The van der Waals surface area contributed by atoms with E-state index in [0.717, 1.165) is 23.6 Å². The summed E-state index contributed by atoms with van der Waals surface area (Å²) in [4.78, 5) is 4.21. The zero-order valence-electron chi connectivity index (χ0n) is 10.5. The van der Waals surface area contributed by atoms with Gasteiger partial charge in [-0.2, -0.15) is 5.10 Å². The van der Waals surface area contributed by atoms with Gasteiger partial charge in [-0.15, -0.1) is 0 Å². The lowest BCUT2D eigenvalue weighted by atomic mass is 10.1. The first kappa shape index (κ1) is 11.6. The second kappa shape index (κ2) is 4.99. The Morgan fingerprint density at radius 1 is 1.35 bits per heavy atom. The fourth-order valence-corrected chi connectivity index (χ4v) is 1.64. The molecule has 4 nitrogen and oxygen atoms in total. The number of aromatic nitrogens is 3. The number of rotatable bonds is 4. The summed E-state index contributed by atoms with van der Waals surface area (Å²) in [5.41, 5.74) is 3.10. The van der Waals surface area contributed by atoms with Crippen molar-refractivity contribution in [2.45, 2.75) is 26.7 Å². The Balaban J connectivity index is 2.28. The molecule has 2 heterocycles. The van der Waals surface area contributed by atoms with Gasteiger partial charge in [0.2, 0.25) is 0 Å². The summed E-state index contributed by atoms with van der Waals surface area (Å²) in [5, 5.41) is 7.77. The fourth-order valence-electron chi connectivity index (χ4n) is 1.64. The van der Waals surface area contributed by atoms with Gasteiger partial charge in [-0.3, -0.25) is 4.98 Å². The van der Waals surface area contributed by atoms with Crippen molar-refractivity contribution in [2.24, 2.45) is 0 Å². The van der Waals surface area contributed by atoms with Crippen LogP contribution in [0.4, 0.5) is 5.69 Å². The lowest BCUT2D eigenvalue weighted by Crippen LogP contribution is -2.01. The Morgan fingerprint density at radius 3 is 2.82 bits per heavy atom. The minimum absolute atomic E-state index is 0.446. The van der Waals surface area contributed by atoms with E-state index in [4.69, 9.17) is 0 Å². The topological polar surface area (TPSA) is 42.7 Å². The lowest BCUT2D eigenvalue weighted by Gasteiger charge is -2.06. The van der Waals surface area contributed by atoms with Gasteiger partial charge in [0.15, 0.2) is 0 Å². The molecule has 0 aliphatic carbocycles. The molecule has 0 saturated carbocycles. The average Bonchev–Trinajstić information content (AvgIpc) is 2.79. The summed E-state index contributed by atoms with van der Waals surface area (Å²) in [7, 11) is 0. The first-order valence-electron chi connectivity index (χ1n) is 5.95. The van der Waals surface area contributed by atoms with E-state index >= 15 is 0 Å². The second-order valence-electron chi connectivity index (χ2n) is 4.30. The molecule has 0 atom stereocenters. The van der Waals surface area contributed by atoms with Crippen LogP contribution in [0.1, 0.15) is 32.4 Å². The summed E-state index contributed by atoms with van der Waals surface area (Å²) in [6.07, 6.45) is 5.61. The van der Waals surface area contributed by atoms with Crippen molar-refractivity contribution >= 4 is 5.69 Å². The number of anilines is 1. The second-order valence-corrected chi connectivity index (χ2v) is 4.30. The molecule has 0 unspecified atom stereocenters. The fraction of sp³-hybridized carbons (Fsp3) is 0.385. The number of hydrogen-bond acceptors (Lipinski definition) is 3. The highest BCUT2D eigenvalue weighted by Gasteiger charge is 2.05. The molecule has 0 radical (unpaired) electrons. The molecule has 0 bridgehead atoms. The molecule has 0 aliphatic heterocycles. The highest BCUT2D eigenvalue weighted by Crippen LogP contribution is 2.15. The number of nitrogens with one attached hydrogen (secondary N) is 1. The SMILES string of the molecule is CCNc1cncc(-n2ccc(C(C)C)n2)c1. The van der Waals surface area contributed by atoms with Crippen molar-refractivity contribution < 1.29 is 0 Å². The van der Waals surface area contributed by atoms with Crippen LogP contribution in [0.15, 0.2) is 30.7 Å². The molecule has 0 saturated heterocycles. The molecule has 1 N–H and O–H groups in total. The van der Waals surface area contributed by atoms with Gasteiger partial charge in [-0.1, -0.05) is 13.8 Å². The molecular formula is C13H18N4. The monoisotopic (exact) mass is 230 g/mol. The molecule has 2 aromatic rings. The van der Waals surface area contributed by atoms with Crippen molar-refractivity contribution in [2.75, 3.05) is 11.9 Å². The highest BCUT2D eigenvalue weighted by atomic mass is 15.3. The number of pyridine rings is 1. The van der Waals surface area contributed by atoms with E-state index in [1.165, 1.54) is 0 Å². The maximum absolute atomic E-state index is 4.53. The quantitative estimate of drug-likeness (QED) is 0.878. The van der Waals surface area contributed by atoms with Crippen LogP contribution in [0.2, 0.25) is 0 Å². The zero-order valence-corrected chi connectivity index (χ0v) is 10.5. The molecule has 0 aliphatic rings. The standard InChI is InChI=1S/C13H18N4/c1-4-15-11-7-12(9-14-8-11)17-6-5-13(16-17)10(2)3/h5-10,15H,4H2,1-3H3. The van der Waals surface area contributed by atoms with E-state index < -0.39 is 0 Å². The van der Waals surface area contributed by atoms with Gasteiger partial charge < -0.3 is 5.32 Å². The van der Waals surface area contributed by atoms with Crippen LogP contribution in [-0.4, -0.2) is 21.3 Å². The maximum Gasteiger partial charge on any atom is 0.0849 e. The Kier molecular flexibility index (Phi) is 3.42. The number of hydrogen-bond donors (Lipinski definition) is 1. The van der Waals surface area contributed by atoms with Crippen LogP contribution in [0.25, 0.3) is 5.69 Å². The van der Waals surface area contributed by atoms with Crippen LogP contribution in [-0.2, 0) is 0 Å². The normalized spacial score (nSPS) is 10.8. The van der Waals surface area contributed by atoms with Crippen molar-refractivity contribution in [3.63, 3.8) is 0 Å². The summed E-state index contributed by atoms with van der Waals surface area (Å²) < 4.78 is 1.86. The maximum atomic E-state index is 4.53. The van der Waals surface area contributed by atoms with Crippen LogP contribution in [0.5, 0.6) is 0 Å². The summed E-state index contributed by atoms with van der Waals surface area (Å²) in [6, 6.07) is 4.10. The van der Waals surface area contributed by atoms with Crippen LogP contribution in [0, 0.1) is 0 Å². The van der Waals surface area contributed by atoms with Crippen molar-refractivity contribution in [1.82, 2.24) is 14.8 Å². The molecule has 2 aromatic heterocycles. The van der Waals surface area contributed by atoms with E-state index in [1.54, 1.807) is 0 Å². The molecule has 0 amide bonds. The zero-order chi connectivity index (χ0) is 12.3. The van der Waals surface area contributed by atoms with Gasteiger partial charge in [0.25, 0.3) is 0 Å². The highest BCUT2D eigenvalue weighted by molar-refractivity contribution is 5.47. The van der Waals surface area contributed by atoms with E-state index in [2.05, 4.69) is 36.2 Å². The molecule has 0 spiro atoms. The van der Waals surface area contributed by atoms with E-state index in [9.17, 15) is 0 Å². The largest absolute Gasteiger partial charge is 0.384 e. The first-order valence-corrected chi connectivity index (χ1v) is 5.95. The van der Waals surface area contributed by atoms with E-state index in [0.29, 0.717) is 5.92 Å². The Bertz CT molecular complexity index is 488. The lowest BCUT2D eigenvalue weighted by molar-refractivity contribution is 0.767. The summed E-state index contributed by atoms with van der Waals surface area (Å²) in [6.45, 7) is 7.24. The smallest absolute Gasteiger partial charge is 0.0849 e. The average molecular weight is 230 g/mol. The van der Waals surface area contributed by atoms with Crippen LogP contribution >= 0.6 is 0 Å². The first-order chi connectivity index (χ1) is 8.20. The molecule has 0 aromatic carbocycles. The van der Waals surface area contributed by atoms with Gasteiger partial charge in [-0.25, -0.2) is 4.68 Å². The van der Waals surface area contributed by atoms with Crippen molar-refractivity contribution in [3.8, 4) is 5.69 Å². The predicted octanol–water partition coefficient (Wildman–Crippen LogP) is 2.82. The molecule has 2 rings (SSSR count). The molecule has 4 heteroatoms. The van der Waals surface area contributed by atoms with Gasteiger partial charge in [0, 0.05) is 12.7 Å². The Morgan fingerprint density at radius 2 is 2.18 bits per heavy atom. The van der Waals surface area contributed by atoms with Gasteiger partial charge in [0.05, 0.1) is 29.5 Å². The van der Waals surface area contributed by atoms with Crippen molar-refractivity contribution in [1.29, 1.82) is 0 Å². The van der Waals surface area contributed by atoms with E-state index in [1.807, 2.05) is 35.4 Å². The van der Waals surface area contributed by atoms with Crippen LogP contribution < -0.4 is 5.32 Å². The summed E-state index contributed by atoms with van der Waals surface area (Å²) in [5.74, 6) is 0.446. The third-order valence-electron chi connectivity index (χ3n) is 2.57. The van der Waals surface area contributed by atoms with Gasteiger partial charge in [0.1, 0.15) is 0 Å². The van der Waals surface area contributed by atoms with E-state index in [-0.39, 0.29) is 0 Å². The molecule has 90 valence electrons.